The third-order valence-corrected chi connectivity index (χ3v) is 3.42. The lowest BCUT2D eigenvalue weighted by Gasteiger charge is -2.12. The molecule has 0 aliphatic carbocycles. The molecule has 0 saturated heterocycles. The van der Waals surface area contributed by atoms with Crippen LogP contribution in [0, 0.1) is 5.82 Å². The van der Waals surface area contributed by atoms with E-state index >= 15 is 0 Å². The second-order valence-corrected chi connectivity index (χ2v) is 4.63. The van der Waals surface area contributed by atoms with Crippen LogP contribution >= 0.6 is 11.6 Å². The Labute approximate surface area is 115 Å². The Kier molecular flexibility index (Phi) is 3.86. The molecule has 19 heavy (non-hydrogen) atoms. The summed E-state index contributed by atoms with van der Waals surface area (Å²) in [6.07, 6.45) is 0. The number of halogens is 2. The van der Waals surface area contributed by atoms with Gasteiger partial charge < -0.3 is 5.11 Å². The molecule has 2 rings (SSSR count). The van der Waals surface area contributed by atoms with Crippen molar-refractivity contribution in [3.63, 3.8) is 0 Å². The fraction of sp³-hybridized carbons (Fsp3) is 0.133. The number of carboxylic acids is 1. The Morgan fingerprint density at radius 1 is 1.21 bits per heavy atom. The lowest BCUT2D eigenvalue weighted by molar-refractivity contribution is -0.138. The summed E-state index contributed by atoms with van der Waals surface area (Å²) in [5.74, 6) is -2.46. The van der Waals surface area contributed by atoms with Crippen LogP contribution < -0.4 is 0 Å². The fourth-order valence-electron chi connectivity index (χ4n) is 1.87. The molecule has 0 fully saturated rings. The van der Waals surface area contributed by atoms with Gasteiger partial charge in [0.25, 0.3) is 0 Å². The molecule has 0 saturated carbocycles. The van der Waals surface area contributed by atoms with Crippen LogP contribution in [0.25, 0.3) is 11.1 Å². The summed E-state index contributed by atoms with van der Waals surface area (Å²) >= 11 is 5.95. The van der Waals surface area contributed by atoms with E-state index in [4.69, 9.17) is 16.7 Å². The van der Waals surface area contributed by atoms with Crippen molar-refractivity contribution in [2.24, 2.45) is 0 Å². The lowest BCUT2D eigenvalue weighted by Crippen LogP contribution is -2.08. The molecule has 1 N–H and O–H groups in total. The van der Waals surface area contributed by atoms with Gasteiger partial charge >= 0.3 is 5.97 Å². The van der Waals surface area contributed by atoms with E-state index in [0.717, 1.165) is 0 Å². The van der Waals surface area contributed by atoms with Gasteiger partial charge in [0.05, 0.1) is 10.9 Å². The van der Waals surface area contributed by atoms with Gasteiger partial charge in [0, 0.05) is 5.56 Å². The van der Waals surface area contributed by atoms with Gasteiger partial charge in [-0.2, -0.15) is 0 Å². The number of hydrogen-bond donors (Lipinski definition) is 1. The van der Waals surface area contributed by atoms with Crippen molar-refractivity contribution >= 4 is 17.6 Å². The minimum atomic E-state index is -1.03. The summed E-state index contributed by atoms with van der Waals surface area (Å²) in [6, 6.07) is 12.1. The predicted molar refractivity (Wildman–Crippen MR) is 72.9 cm³/mol. The van der Waals surface area contributed by atoms with Gasteiger partial charge in [-0.3, -0.25) is 4.79 Å². The summed E-state index contributed by atoms with van der Waals surface area (Å²) in [5.41, 5.74) is 1.36. The van der Waals surface area contributed by atoms with E-state index in [2.05, 4.69) is 0 Å². The number of hydrogen-bond acceptors (Lipinski definition) is 1. The van der Waals surface area contributed by atoms with E-state index in [9.17, 15) is 9.18 Å². The SMILES string of the molecule is CC(C(=O)O)c1ccc(-c2ccccc2)c(F)c1Cl. The summed E-state index contributed by atoms with van der Waals surface area (Å²) in [5, 5.41) is 8.83. The summed E-state index contributed by atoms with van der Waals surface area (Å²) in [4.78, 5) is 10.9. The lowest BCUT2D eigenvalue weighted by atomic mass is 9.97. The molecule has 2 nitrogen and oxygen atoms in total. The van der Waals surface area contributed by atoms with Crippen molar-refractivity contribution in [3.05, 3.63) is 58.9 Å². The molecule has 0 heterocycles. The molecular formula is C15H12ClFO2. The van der Waals surface area contributed by atoms with Crippen LogP contribution in [-0.4, -0.2) is 11.1 Å². The first kappa shape index (κ1) is 13.6. The van der Waals surface area contributed by atoms with E-state index < -0.39 is 17.7 Å². The van der Waals surface area contributed by atoms with Crippen LogP contribution in [0.15, 0.2) is 42.5 Å². The highest BCUT2D eigenvalue weighted by Crippen LogP contribution is 2.33. The van der Waals surface area contributed by atoms with Gasteiger partial charge in [-0.1, -0.05) is 54.1 Å². The molecule has 0 aliphatic rings. The van der Waals surface area contributed by atoms with Crippen LogP contribution in [-0.2, 0) is 4.79 Å². The van der Waals surface area contributed by atoms with Crippen LogP contribution in [0.3, 0.4) is 0 Å². The second kappa shape index (κ2) is 5.41. The number of rotatable bonds is 3. The molecule has 2 aromatic rings. The number of benzene rings is 2. The first-order valence-electron chi connectivity index (χ1n) is 5.78. The fourth-order valence-corrected chi connectivity index (χ4v) is 2.20. The van der Waals surface area contributed by atoms with E-state index in [-0.39, 0.29) is 10.6 Å². The third kappa shape index (κ3) is 2.61. The van der Waals surface area contributed by atoms with Crippen LogP contribution in [0.2, 0.25) is 5.02 Å². The third-order valence-electron chi connectivity index (χ3n) is 3.03. The molecule has 0 aliphatic heterocycles. The van der Waals surface area contributed by atoms with Gasteiger partial charge in [0.15, 0.2) is 0 Å². The number of carbonyl (C=O) groups is 1. The molecule has 4 heteroatoms. The Morgan fingerprint density at radius 3 is 2.42 bits per heavy atom. The second-order valence-electron chi connectivity index (χ2n) is 4.26. The van der Waals surface area contributed by atoms with Crippen LogP contribution in [0.1, 0.15) is 18.4 Å². The zero-order valence-corrected chi connectivity index (χ0v) is 11.0. The topological polar surface area (TPSA) is 37.3 Å². The number of carboxylic acid groups (broad SMARTS) is 1. The maximum atomic E-state index is 14.2. The van der Waals surface area contributed by atoms with Gasteiger partial charge in [0.1, 0.15) is 5.82 Å². The first-order valence-corrected chi connectivity index (χ1v) is 6.16. The highest BCUT2D eigenvalue weighted by Gasteiger charge is 2.21. The van der Waals surface area contributed by atoms with Crippen LogP contribution in [0.5, 0.6) is 0 Å². The summed E-state index contributed by atoms with van der Waals surface area (Å²) in [7, 11) is 0. The average Bonchev–Trinajstić information content (AvgIpc) is 2.42. The van der Waals surface area contributed by atoms with Gasteiger partial charge in [-0.05, 0) is 18.1 Å². The van der Waals surface area contributed by atoms with E-state index in [0.29, 0.717) is 11.1 Å². The Bertz CT molecular complexity index is 611. The molecule has 1 unspecified atom stereocenters. The van der Waals surface area contributed by atoms with Crippen molar-refractivity contribution in [2.75, 3.05) is 0 Å². The maximum absolute atomic E-state index is 14.2. The molecule has 0 aromatic heterocycles. The highest BCUT2D eigenvalue weighted by atomic mass is 35.5. The van der Waals surface area contributed by atoms with Gasteiger partial charge in [-0.25, -0.2) is 4.39 Å². The summed E-state index contributed by atoms with van der Waals surface area (Å²) < 4.78 is 14.2. The van der Waals surface area contributed by atoms with Crippen molar-refractivity contribution < 1.29 is 14.3 Å². The predicted octanol–water partition coefficient (Wildman–Crippen LogP) is 4.33. The van der Waals surface area contributed by atoms with Crippen molar-refractivity contribution in [3.8, 4) is 11.1 Å². The molecule has 0 amide bonds. The largest absolute Gasteiger partial charge is 0.481 e. The molecule has 0 bridgehead atoms. The Hall–Kier alpha value is -1.87. The normalized spacial score (nSPS) is 12.2. The minimum absolute atomic E-state index is 0.128. The van der Waals surface area contributed by atoms with E-state index in [1.54, 1.807) is 36.4 Å². The van der Waals surface area contributed by atoms with Crippen LogP contribution in [0.4, 0.5) is 4.39 Å². The molecule has 98 valence electrons. The van der Waals surface area contributed by atoms with Gasteiger partial charge in [0.2, 0.25) is 0 Å². The zero-order chi connectivity index (χ0) is 14.0. The Morgan fingerprint density at radius 2 is 1.84 bits per heavy atom. The van der Waals surface area contributed by atoms with E-state index in [1.807, 2.05) is 6.07 Å². The minimum Gasteiger partial charge on any atom is -0.481 e. The zero-order valence-electron chi connectivity index (χ0n) is 10.2. The molecular weight excluding hydrogens is 267 g/mol. The average molecular weight is 279 g/mol. The van der Waals surface area contributed by atoms with Gasteiger partial charge in [-0.15, -0.1) is 0 Å². The quantitative estimate of drug-likeness (QED) is 0.907. The smallest absolute Gasteiger partial charge is 0.310 e. The number of aliphatic carboxylic acids is 1. The highest BCUT2D eigenvalue weighted by molar-refractivity contribution is 6.32. The van der Waals surface area contributed by atoms with Crippen molar-refractivity contribution in [2.45, 2.75) is 12.8 Å². The molecule has 0 spiro atoms. The molecule has 1 atom stereocenters. The first-order chi connectivity index (χ1) is 9.02. The van der Waals surface area contributed by atoms with E-state index in [1.165, 1.54) is 6.92 Å². The molecule has 0 radical (unpaired) electrons. The van der Waals surface area contributed by atoms with Crippen molar-refractivity contribution in [1.82, 2.24) is 0 Å². The Balaban J connectivity index is 2.52. The standard InChI is InChI=1S/C15H12ClFO2/c1-9(15(18)19)11-7-8-12(14(17)13(11)16)10-5-3-2-4-6-10/h2-9H,1H3,(H,18,19). The maximum Gasteiger partial charge on any atom is 0.310 e. The monoisotopic (exact) mass is 278 g/mol. The summed E-state index contributed by atoms with van der Waals surface area (Å²) in [6.45, 7) is 1.48. The molecule has 2 aromatic carbocycles. The van der Waals surface area contributed by atoms with Crippen molar-refractivity contribution in [1.29, 1.82) is 0 Å².